The van der Waals surface area contributed by atoms with E-state index in [-0.39, 0.29) is 6.54 Å². The summed E-state index contributed by atoms with van der Waals surface area (Å²) < 4.78 is 36.3. The summed E-state index contributed by atoms with van der Waals surface area (Å²) >= 11 is 3.30. The van der Waals surface area contributed by atoms with Crippen molar-refractivity contribution in [2.45, 2.75) is 19.1 Å². The number of nitrogens with one attached hydrogen (secondary N) is 1. The van der Waals surface area contributed by atoms with Gasteiger partial charge in [-0.3, -0.25) is 0 Å². The molecule has 0 aromatic heterocycles. The summed E-state index contributed by atoms with van der Waals surface area (Å²) in [6, 6.07) is 7.47. The van der Waals surface area contributed by atoms with Gasteiger partial charge in [0.15, 0.2) is 0 Å². The molecule has 0 spiro atoms. The normalized spacial score (nSPS) is 11.7. The predicted octanol–water partition coefficient (Wildman–Crippen LogP) is 3.49. The summed E-state index contributed by atoms with van der Waals surface area (Å²) in [5, 5.41) is 2.74. The van der Waals surface area contributed by atoms with Crippen molar-refractivity contribution in [2.75, 3.05) is 6.54 Å². The highest BCUT2D eigenvalue weighted by molar-refractivity contribution is 9.10. The second kappa shape index (κ2) is 5.51. The molecule has 0 saturated carbocycles. The lowest BCUT2D eigenvalue weighted by atomic mass is 10.2. The molecule has 0 atom stereocenters. The largest absolute Gasteiger partial charge is 0.390 e. The van der Waals surface area contributed by atoms with Crippen LogP contribution in [0.25, 0.3) is 0 Å². The lowest BCUT2D eigenvalue weighted by molar-refractivity contribution is -0.133. The van der Waals surface area contributed by atoms with Crippen LogP contribution >= 0.6 is 15.9 Å². The van der Waals surface area contributed by atoms with E-state index in [9.17, 15) is 13.2 Å². The summed E-state index contributed by atoms with van der Waals surface area (Å²) in [5.74, 6) is 0. The van der Waals surface area contributed by atoms with Crippen LogP contribution in [-0.4, -0.2) is 12.7 Å². The Morgan fingerprint density at radius 1 is 1.27 bits per heavy atom. The molecular formula is C10H11BrF3N. The Balaban J connectivity index is 2.26. The van der Waals surface area contributed by atoms with Crippen LogP contribution in [0.4, 0.5) is 13.2 Å². The van der Waals surface area contributed by atoms with Gasteiger partial charge in [0, 0.05) is 17.6 Å². The second-order valence-electron chi connectivity index (χ2n) is 3.17. The van der Waals surface area contributed by atoms with E-state index in [0.717, 1.165) is 10.0 Å². The number of hydrogen-bond acceptors (Lipinski definition) is 1. The molecule has 1 N–H and O–H groups in total. The van der Waals surface area contributed by atoms with Crippen LogP contribution in [0, 0.1) is 0 Å². The maximum atomic E-state index is 11.8. The molecule has 0 aliphatic rings. The van der Waals surface area contributed by atoms with E-state index in [1.54, 1.807) is 0 Å². The topological polar surface area (TPSA) is 12.0 Å². The summed E-state index contributed by atoms with van der Waals surface area (Å²) in [6.07, 6.45) is -4.87. The SMILES string of the molecule is FC(F)(F)CCNCc1cccc(Br)c1. The zero-order chi connectivity index (χ0) is 11.3. The van der Waals surface area contributed by atoms with E-state index in [1.807, 2.05) is 24.3 Å². The van der Waals surface area contributed by atoms with Crippen molar-refractivity contribution in [1.29, 1.82) is 0 Å². The fourth-order valence-electron chi connectivity index (χ4n) is 1.11. The van der Waals surface area contributed by atoms with Crippen LogP contribution in [0.15, 0.2) is 28.7 Å². The van der Waals surface area contributed by atoms with E-state index in [4.69, 9.17) is 0 Å². The number of hydrogen-bond donors (Lipinski definition) is 1. The van der Waals surface area contributed by atoms with Crippen LogP contribution in [0.5, 0.6) is 0 Å². The van der Waals surface area contributed by atoms with E-state index < -0.39 is 12.6 Å². The van der Waals surface area contributed by atoms with Gasteiger partial charge in [-0.1, -0.05) is 28.1 Å². The van der Waals surface area contributed by atoms with Crippen molar-refractivity contribution >= 4 is 15.9 Å². The maximum Gasteiger partial charge on any atom is 0.390 e. The molecule has 0 aliphatic carbocycles. The number of halogens is 4. The molecule has 0 amide bonds. The smallest absolute Gasteiger partial charge is 0.312 e. The van der Waals surface area contributed by atoms with Crippen molar-refractivity contribution in [3.8, 4) is 0 Å². The fraction of sp³-hybridized carbons (Fsp3) is 0.400. The molecule has 15 heavy (non-hydrogen) atoms. The Labute approximate surface area is 94.8 Å². The van der Waals surface area contributed by atoms with Gasteiger partial charge in [0.1, 0.15) is 0 Å². The van der Waals surface area contributed by atoms with Crippen LogP contribution in [-0.2, 0) is 6.54 Å². The number of alkyl halides is 3. The number of rotatable bonds is 4. The van der Waals surface area contributed by atoms with Crippen LogP contribution in [0.2, 0.25) is 0 Å². The summed E-state index contributed by atoms with van der Waals surface area (Å²) in [6.45, 7) is 0.408. The van der Waals surface area contributed by atoms with Gasteiger partial charge in [0.05, 0.1) is 6.42 Å². The third-order valence-corrected chi connectivity index (χ3v) is 2.30. The van der Waals surface area contributed by atoms with Gasteiger partial charge >= 0.3 is 6.18 Å². The van der Waals surface area contributed by atoms with Gasteiger partial charge in [-0.2, -0.15) is 13.2 Å². The molecule has 0 heterocycles. The molecule has 0 saturated heterocycles. The lowest BCUT2D eigenvalue weighted by Gasteiger charge is -2.07. The first-order chi connectivity index (χ1) is 6.97. The Morgan fingerprint density at radius 3 is 2.60 bits per heavy atom. The fourth-order valence-corrected chi connectivity index (χ4v) is 1.56. The third kappa shape index (κ3) is 5.79. The van der Waals surface area contributed by atoms with Crippen molar-refractivity contribution in [3.63, 3.8) is 0 Å². The van der Waals surface area contributed by atoms with Gasteiger partial charge in [-0.05, 0) is 17.7 Å². The molecule has 0 unspecified atom stereocenters. The second-order valence-corrected chi connectivity index (χ2v) is 4.09. The Hall–Kier alpha value is -0.550. The van der Waals surface area contributed by atoms with E-state index in [2.05, 4.69) is 21.2 Å². The quantitative estimate of drug-likeness (QED) is 0.833. The Kier molecular flexibility index (Phi) is 4.60. The monoisotopic (exact) mass is 281 g/mol. The summed E-state index contributed by atoms with van der Waals surface area (Å²) in [4.78, 5) is 0. The van der Waals surface area contributed by atoms with Crippen LogP contribution < -0.4 is 5.32 Å². The first-order valence-electron chi connectivity index (χ1n) is 4.49. The lowest BCUT2D eigenvalue weighted by Crippen LogP contribution is -2.21. The average molecular weight is 282 g/mol. The molecule has 0 aliphatic heterocycles. The van der Waals surface area contributed by atoms with Gasteiger partial charge < -0.3 is 5.32 Å². The molecule has 1 rings (SSSR count). The minimum absolute atomic E-state index is 0.0456. The Morgan fingerprint density at radius 2 is 2.00 bits per heavy atom. The molecule has 5 heteroatoms. The predicted molar refractivity (Wildman–Crippen MR) is 56.5 cm³/mol. The summed E-state index contributed by atoms with van der Waals surface area (Å²) in [7, 11) is 0. The van der Waals surface area contributed by atoms with Gasteiger partial charge in [-0.25, -0.2) is 0 Å². The standard InChI is InChI=1S/C10H11BrF3N/c11-9-3-1-2-8(6-9)7-15-5-4-10(12,13)14/h1-3,6,15H,4-5,7H2. The van der Waals surface area contributed by atoms with Crippen LogP contribution in [0.1, 0.15) is 12.0 Å². The van der Waals surface area contributed by atoms with Crippen LogP contribution in [0.3, 0.4) is 0 Å². The van der Waals surface area contributed by atoms with Gasteiger partial charge in [0.25, 0.3) is 0 Å². The Bertz CT molecular complexity index is 312. The zero-order valence-corrected chi connectivity index (χ0v) is 9.53. The summed E-state index contributed by atoms with van der Waals surface area (Å²) in [5.41, 5.74) is 0.964. The van der Waals surface area contributed by atoms with Gasteiger partial charge in [-0.15, -0.1) is 0 Å². The highest BCUT2D eigenvalue weighted by Gasteiger charge is 2.25. The van der Waals surface area contributed by atoms with E-state index in [1.165, 1.54) is 0 Å². The third-order valence-electron chi connectivity index (χ3n) is 1.80. The molecular weight excluding hydrogens is 271 g/mol. The van der Waals surface area contributed by atoms with Crippen molar-refractivity contribution in [1.82, 2.24) is 5.32 Å². The first kappa shape index (κ1) is 12.5. The van der Waals surface area contributed by atoms with Crippen molar-refractivity contribution < 1.29 is 13.2 Å². The molecule has 0 radical (unpaired) electrons. The average Bonchev–Trinajstić information content (AvgIpc) is 2.11. The zero-order valence-electron chi connectivity index (χ0n) is 7.94. The molecule has 1 aromatic rings. The highest BCUT2D eigenvalue weighted by Crippen LogP contribution is 2.18. The van der Waals surface area contributed by atoms with Gasteiger partial charge in [0.2, 0.25) is 0 Å². The maximum absolute atomic E-state index is 11.8. The van der Waals surface area contributed by atoms with E-state index in [0.29, 0.717) is 6.54 Å². The number of benzene rings is 1. The van der Waals surface area contributed by atoms with Crippen molar-refractivity contribution in [2.24, 2.45) is 0 Å². The minimum Gasteiger partial charge on any atom is -0.312 e. The molecule has 84 valence electrons. The first-order valence-corrected chi connectivity index (χ1v) is 5.28. The molecule has 1 nitrogen and oxygen atoms in total. The highest BCUT2D eigenvalue weighted by atomic mass is 79.9. The van der Waals surface area contributed by atoms with Crippen molar-refractivity contribution in [3.05, 3.63) is 34.3 Å². The minimum atomic E-state index is -4.08. The molecule has 0 fully saturated rings. The molecule has 0 bridgehead atoms. The van der Waals surface area contributed by atoms with E-state index >= 15 is 0 Å². The molecule has 1 aromatic carbocycles.